The largest absolute Gasteiger partial charge is 0.440 e. The maximum absolute atomic E-state index is 12.7. The highest BCUT2D eigenvalue weighted by atomic mass is 32.2. The van der Waals surface area contributed by atoms with Crippen molar-refractivity contribution in [2.24, 2.45) is 0 Å². The minimum Gasteiger partial charge on any atom is -0.440 e. The van der Waals surface area contributed by atoms with Crippen molar-refractivity contribution >= 4 is 10.0 Å². The van der Waals surface area contributed by atoms with Crippen molar-refractivity contribution in [2.75, 3.05) is 26.3 Å². The number of furan rings is 1. The number of aryl methyl sites for hydroxylation is 1. The summed E-state index contributed by atoms with van der Waals surface area (Å²) in [6.45, 7) is 3.57. The molecule has 0 aliphatic carbocycles. The van der Waals surface area contributed by atoms with Gasteiger partial charge in [0.05, 0.1) is 18.9 Å². The molecule has 24 heavy (non-hydrogen) atoms. The number of hydrogen-bond donors (Lipinski definition) is 0. The third-order valence-electron chi connectivity index (χ3n) is 4.34. The number of sulfonamides is 1. The first-order chi connectivity index (χ1) is 11.5. The van der Waals surface area contributed by atoms with Gasteiger partial charge in [0, 0.05) is 32.0 Å². The summed E-state index contributed by atoms with van der Waals surface area (Å²) in [7, 11) is -3.70. The number of nitrogens with zero attached hydrogens (tertiary/aromatic N) is 2. The average molecular weight is 354 g/mol. The van der Waals surface area contributed by atoms with Gasteiger partial charge in [-0.15, -0.1) is 0 Å². The van der Waals surface area contributed by atoms with Gasteiger partial charge in [-0.05, 0) is 19.1 Å². The van der Waals surface area contributed by atoms with Crippen LogP contribution >= 0.6 is 0 Å². The van der Waals surface area contributed by atoms with Crippen LogP contribution in [0.5, 0.6) is 0 Å². The van der Waals surface area contributed by atoms with Gasteiger partial charge in [-0.2, -0.15) is 4.31 Å². The summed E-state index contributed by atoms with van der Waals surface area (Å²) in [6, 6.07) is 4.70. The predicted molar refractivity (Wildman–Crippen MR) is 81.6 cm³/mol. The molecule has 0 radical (unpaired) electrons. The Bertz CT molecular complexity index is 824. The summed E-state index contributed by atoms with van der Waals surface area (Å²) in [4.78, 5) is 0. The monoisotopic (exact) mass is 354 g/mol. The fourth-order valence-corrected chi connectivity index (χ4v) is 4.40. The molecule has 2 aromatic rings. The Hall–Kier alpha value is -1.68. The van der Waals surface area contributed by atoms with E-state index in [4.69, 9.17) is 18.4 Å². The van der Waals surface area contributed by atoms with Crippen molar-refractivity contribution in [1.29, 1.82) is 0 Å². The molecule has 2 fully saturated rings. The summed E-state index contributed by atoms with van der Waals surface area (Å²) in [6.07, 6.45) is 1.03. The third kappa shape index (κ3) is 2.67. The molecular weight excluding hydrogens is 336 g/mol. The summed E-state index contributed by atoms with van der Waals surface area (Å²) in [5.74, 6) is 0.127. The minimum atomic E-state index is -3.70. The van der Waals surface area contributed by atoms with Gasteiger partial charge >= 0.3 is 0 Å². The summed E-state index contributed by atoms with van der Waals surface area (Å²) >= 11 is 0. The van der Waals surface area contributed by atoms with Crippen molar-refractivity contribution in [1.82, 2.24) is 9.46 Å². The van der Waals surface area contributed by atoms with Crippen LogP contribution in [0.2, 0.25) is 0 Å². The topological polar surface area (TPSA) is 95.0 Å². The molecule has 0 atom stereocenters. The predicted octanol–water partition coefficient (Wildman–Crippen LogP) is 1.77. The molecule has 0 bridgehead atoms. The van der Waals surface area contributed by atoms with Crippen LogP contribution in [0.4, 0.5) is 0 Å². The Kier molecular flexibility index (Phi) is 3.75. The molecular formula is C15H18N2O6S. The van der Waals surface area contributed by atoms with Gasteiger partial charge in [0.25, 0.3) is 10.0 Å². The van der Waals surface area contributed by atoms with Crippen molar-refractivity contribution in [3.63, 3.8) is 0 Å². The van der Waals surface area contributed by atoms with Crippen LogP contribution in [0.25, 0.3) is 11.5 Å². The van der Waals surface area contributed by atoms with Crippen LogP contribution in [0.1, 0.15) is 18.5 Å². The standard InChI is InChI=1S/C15H18N2O6S/c1-11-10-13(23-16-11)12-2-3-14(22-12)24(18,19)17-6-4-15(5-7-17)20-8-9-21-15/h2-3,10H,4-9H2,1H3. The van der Waals surface area contributed by atoms with Crippen molar-refractivity contribution in [2.45, 2.75) is 30.6 Å². The number of rotatable bonds is 3. The lowest BCUT2D eigenvalue weighted by molar-refractivity contribution is -0.179. The van der Waals surface area contributed by atoms with E-state index < -0.39 is 15.8 Å². The SMILES string of the molecule is Cc1cc(-c2ccc(S(=O)(=O)N3CCC4(CC3)OCCO4)o2)on1. The zero-order valence-corrected chi connectivity index (χ0v) is 14.0. The second-order valence-corrected chi connectivity index (χ2v) is 7.83. The summed E-state index contributed by atoms with van der Waals surface area (Å²) < 4.78 is 48.7. The van der Waals surface area contributed by atoms with Gasteiger partial charge in [-0.25, -0.2) is 8.42 Å². The first-order valence-electron chi connectivity index (χ1n) is 7.80. The molecule has 8 nitrogen and oxygen atoms in total. The summed E-state index contributed by atoms with van der Waals surface area (Å²) in [5.41, 5.74) is 0.698. The van der Waals surface area contributed by atoms with Crippen LogP contribution in [-0.4, -0.2) is 50.0 Å². The molecule has 130 valence electrons. The van der Waals surface area contributed by atoms with Gasteiger partial charge in [-0.1, -0.05) is 5.16 Å². The van der Waals surface area contributed by atoms with E-state index in [2.05, 4.69) is 5.16 Å². The molecule has 2 aromatic heterocycles. The third-order valence-corrected chi connectivity index (χ3v) is 6.12. The van der Waals surface area contributed by atoms with Gasteiger partial charge < -0.3 is 18.4 Å². The highest BCUT2D eigenvalue weighted by Gasteiger charge is 2.43. The van der Waals surface area contributed by atoms with E-state index in [1.807, 2.05) is 0 Å². The van der Waals surface area contributed by atoms with Crippen molar-refractivity contribution in [3.8, 4) is 11.5 Å². The highest BCUT2D eigenvalue weighted by molar-refractivity contribution is 7.89. The van der Waals surface area contributed by atoms with Gasteiger partial charge in [0.1, 0.15) is 0 Å². The number of hydrogen-bond acceptors (Lipinski definition) is 7. The Morgan fingerprint density at radius 1 is 1.12 bits per heavy atom. The second-order valence-electron chi connectivity index (χ2n) is 5.96. The molecule has 0 aromatic carbocycles. The number of ether oxygens (including phenoxy) is 2. The van der Waals surface area contributed by atoms with E-state index in [1.54, 1.807) is 19.1 Å². The van der Waals surface area contributed by atoms with Crippen molar-refractivity contribution in [3.05, 3.63) is 23.9 Å². The molecule has 0 amide bonds. The Labute approximate surface area is 139 Å². The maximum Gasteiger partial charge on any atom is 0.276 e. The van der Waals surface area contributed by atoms with E-state index in [0.717, 1.165) is 0 Å². The number of piperidine rings is 1. The van der Waals surface area contributed by atoms with Crippen LogP contribution in [0.15, 0.2) is 32.2 Å². The van der Waals surface area contributed by atoms with Crippen LogP contribution in [-0.2, 0) is 19.5 Å². The quantitative estimate of drug-likeness (QED) is 0.829. The van der Waals surface area contributed by atoms with E-state index in [0.29, 0.717) is 56.4 Å². The molecule has 0 N–H and O–H groups in total. The lowest BCUT2D eigenvalue weighted by Gasteiger charge is -2.36. The zero-order valence-electron chi connectivity index (χ0n) is 13.2. The molecule has 4 rings (SSSR count). The first kappa shape index (κ1) is 15.8. The van der Waals surface area contributed by atoms with Crippen molar-refractivity contribution < 1.29 is 26.8 Å². The molecule has 2 aliphatic heterocycles. The van der Waals surface area contributed by atoms with Crippen LogP contribution in [0, 0.1) is 6.92 Å². The Balaban J connectivity index is 1.52. The van der Waals surface area contributed by atoms with Gasteiger partial charge in [0.2, 0.25) is 10.9 Å². The smallest absolute Gasteiger partial charge is 0.276 e. The molecule has 2 saturated heterocycles. The zero-order chi connectivity index (χ0) is 16.8. The van der Waals surface area contributed by atoms with Crippen LogP contribution in [0.3, 0.4) is 0 Å². The van der Waals surface area contributed by atoms with E-state index >= 15 is 0 Å². The second kappa shape index (κ2) is 5.69. The lowest BCUT2D eigenvalue weighted by atomic mass is 10.1. The molecule has 4 heterocycles. The summed E-state index contributed by atoms with van der Waals surface area (Å²) in [5, 5.41) is 3.67. The van der Waals surface area contributed by atoms with E-state index in [9.17, 15) is 8.42 Å². The van der Waals surface area contributed by atoms with Crippen LogP contribution < -0.4 is 0 Å². The average Bonchev–Trinajstić information content (AvgIpc) is 3.28. The molecule has 1 spiro atoms. The highest BCUT2D eigenvalue weighted by Crippen LogP contribution is 2.34. The fraction of sp³-hybridized carbons (Fsp3) is 0.533. The molecule has 0 unspecified atom stereocenters. The maximum atomic E-state index is 12.7. The Morgan fingerprint density at radius 2 is 1.83 bits per heavy atom. The van der Waals surface area contributed by atoms with Gasteiger partial charge in [0.15, 0.2) is 11.5 Å². The molecule has 9 heteroatoms. The van der Waals surface area contributed by atoms with Gasteiger partial charge in [-0.3, -0.25) is 0 Å². The minimum absolute atomic E-state index is 0.101. The number of aromatic nitrogens is 1. The fourth-order valence-electron chi connectivity index (χ4n) is 3.05. The lowest BCUT2D eigenvalue weighted by Crippen LogP contribution is -2.47. The van der Waals surface area contributed by atoms with E-state index in [1.165, 1.54) is 10.4 Å². The first-order valence-corrected chi connectivity index (χ1v) is 9.24. The Morgan fingerprint density at radius 3 is 2.46 bits per heavy atom. The normalized spacial score (nSPS) is 21.5. The van der Waals surface area contributed by atoms with E-state index in [-0.39, 0.29) is 5.09 Å². The molecule has 2 aliphatic rings. The molecule has 0 saturated carbocycles.